The first-order chi connectivity index (χ1) is 9.81. The molecule has 1 N–H and O–H groups in total. The highest BCUT2D eigenvalue weighted by atomic mass is 79.9. The second kappa shape index (κ2) is 4.64. The zero-order chi connectivity index (χ0) is 13.5. The third-order valence-corrected chi connectivity index (χ3v) is 4.52. The average molecular weight is 324 g/mol. The molecule has 1 aliphatic heterocycles. The van der Waals surface area contributed by atoms with E-state index < -0.39 is 0 Å². The van der Waals surface area contributed by atoms with Gasteiger partial charge in [0, 0.05) is 10.2 Å². The van der Waals surface area contributed by atoms with E-state index in [1.807, 2.05) is 0 Å². The minimum Gasteiger partial charge on any atom is -0.378 e. The van der Waals surface area contributed by atoms with Gasteiger partial charge in [-0.15, -0.1) is 0 Å². The number of hydrogen-bond donors (Lipinski definition) is 1. The van der Waals surface area contributed by atoms with E-state index in [9.17, 15) is 0 Å². The van der Waals surface area contributed by atoms with Gasteiger partial charge in [0.15, 0.2) is 0 Å². The van der Waals surface area contributed by atoms with Gasteiger partial charge in [-0.1, -0.05) is 64.5 Å². The number of rotatable bonds is 1. The molecule has 0 spiro atoms. The van der Waals surface area contributed by atoms with Crippen LogP contribution in [0.4, 0.5) is 5.69 Å². The third-order valence-electron chi connectivity index (χ3n) is 4.02. The largest absolute Gasteiger partial charge is 0.378 e. The molecule has 3 aromatic rings. The maximum Gasteiger partial charge on any atom is 0.0561 e. The molecule has 0 bridgehead atoms. The van der Waals surface area contributed by atoms with Crippen molar-refractivity contribution in [3.63, 3.8) is 0 Å². The lowest BCUT2D eigenvalue weighted by molar-refractivity contribution is 0.832. The Balaban J connectivity index is 1.79. The Morgan fingerprint density at radius 1 is 0.950 bits per heavy atom. The Bertz CT molecular complexity index is 789. The second-order valence-corrected chi connectivity index (χ2v) is 6.19. The summed E-state index contributed by atoms with van der Waals surface area (Å²) in [5.41, 5.74) is 4.03. The van der Waals surface area contributed by atoms with Gasteiger partial charge < -0.3 is 5.32 Å². The number of hydrogen-bond acceptors (Lipinski definition) is 1. The van der Waals surface area contributed by atoms with Crippen LogP contribution in [0.25, 0.3) is 10.8 Å². The van der Waals surface area contributed by atoms with E-state index in [4.69, 9.17) is 0 Å². The standard InChI is InChI=1S/C18H14BrN/c19-14-9-8-13-10-18(20-17(13)11-14)16-7-3-5-12-4-1-2-6-15(12)16/h1-9,11,18,20H,10H2. The smallest absolute Gasteiger partial charge is 0.0561 e. The minimum atomic E-state index is 0.366. The first-order valence-corrected chi connectivity index (χ1v) is 7.63. The van der Waals surface area contributed by atoms with Gasteiger partial charge in [-0.25, -0.2) is 0 Å². The fourth-order valence-electron chi connectivity index (χ4n) is 3.06. The number of fused-ring (bicyclic) bond motifs is 2. The maximum atomic E-state index is 3.65. The number of halogens is 1. The third kappa shape index (κ3) is 1.92. The quantitative estimate of drug-likeness (QED) is 0.639. The molecule has 0 amide bonds. The monoisotopic (exact) mass is 323 g/mol. The first kappa shape index (κ1) is 12.0. The fourth-order valence-corrected chi connectivity index (χ4v) is 3.42. The van der Waals surface area contributed by atoms with Crippen molar-refractivity contribution >= 4 is 32.4 Å². The zero-order valence-corrected chi connectivity index (χ0v) is 12.5. The predicted molar refractivity (Wildman–Crippen MR) is 88.2 cm³/mol. The van der Waals surface area contributed by atoms with Gasteiger partial charge in [0.25, 0.3) is 0 Å². The summed E-state index contributed by atoms with van der Waals surface area (Å²) in [5.74, 6) is 0. The van der Waals surface area contributed by atoms with Crippen molar-refractivity contribution in [2.45, 2.75) is 12.5 Å². The summed E-state index contributed by atoms with van der Waals surface area (Å²) in [5, 5.41) is 6.31. The first-order valence-electron chi connectivity index (χ1n) is 6.84. The topological polar surface area (TPSA) is 12.0 Å². The Morgan fingerprint density at radius 2 is 1.80 bits per heavy atom. The molecule has 1 unspecified atom stereocenters. The Morgan fingerprint density at radius 3 is 2.75 bits per heavy atom. The van der Waals surface area contributed by atoms with Gasteiger partial charge in [-0.2, -0.15) is 0 Å². The molecule has 3 aromatic carbocycles. The molecule has 2 heteroatoms. The minimum absolute atomic E-state index is 0.366. The van der Waals surface area contributed by atoms with Crippen LogP contribution >= 0.6 is 15.9 Å². The van der Waals surface area contributed by atoms with Gasteiger partial charge >= 0.3 is 0 Å². The summed E-state index contributed by atoms with van der Waals surface area (Å²) in [6.45, 7) is 0. The summed E-state index contributed by atoms with van der Waals surface area (Å²) in [4.78, 5) is 0. The van der Waals surface area contributed by atoms with E-state index in [2.05, 4.69) is 81.9 Å². The van der Waals surface area contributed by atoms with Crippen LogP contribution in [0.3, 0.4) is 0 Å². The highest BCUT2D eigenvalue weighted by Crippen LogP contribution is 2.37. The molecule has 1 nitrogen and oxygen atoms in total. The maximum absolute atomic E-state index is 3.65. The van der Waals surface area contributed by atoms with Crippen LogP contribution < -0.4 is 5.32 Å². The summed E-state index contributed by atoms with van der Waals surface area (Å²) >= 11 is 3.54. The highest BCUT2D eigenvalue weighted by molar-refractivity contribution is 9.10. The van der Waals surface area contributed by atoms with Crippen molar-refractivity contribution in [2.24, 2.45) is 0 Å². The molecule has 1 heterocycles. The lowest BCUT2D eigenvalue weighted by Crippen LogP contribution is -2.06. The second-order valence-electron chi connectivity index (χ2n) is 5.27. The summed E-state index contributed by atoms with van der Waals surface area (Å²) in [7, 11) is 0. The van der Waals surface area contributed by atoms with Gasteiger partial charge in [0.1, 0.15) is 0 Å². The summed E-state index contributed by atoms with van der Waals surface area (Å²) in [6, 6.07) is 22.0. The summed E-state index contributed by atoms with van der Waals surface area (Å²) < 4.78 is 1.13. The van der Waals surface area contributed by atoms with E-state index in [-0.39, 0.29) is 0 Å². The van der Waals surface area contributed by atoms with Crippen LogP contribution in [-0.2, 0) is 6.42 Å². The van der Waals surface area contributed by atoms with Crippen molar-refractivity contribution in [1.82, 2.24) is 0 Å². The van der Waals surface area contributed by atoms with Gasteiger partial charge in [0.05, 0.1) is 6.04 Å². The molecule has 1 atom stereocenters. The van der Waals surface area contributed by atoms with Crippen LogP contribution in [0, 0.1) is 0 Å². The molecule has 4 rings (SSSR count). The molecule has 98 valence electrons. The van der Waals surface area contributed by atoms with E-state index in [1.165, 1.54) is 27.6 Å². The molecular weight excluding hydrogens is 310 g/mol. The zero-order valence-electron chi connectivity index (χ0n) is 10.9. The van der Waals surface area contributed by atoms with Crippen molar-refractivity contribution in [3.8, 4) is 0 Å². The van der Waals surface area contributed by atoms with E-state index in [0.29, 0.717) is 6.04 Å². The molecule has 20 heavy (non-hydrogen) atoms. The predicted octanol–water partition coefficient (Wildman–Crippen LogP) is 5.31. The lowest BCUT2D eigenvalue weighted by atomic mass is 9.97. The van der Waals surface area contributed by atoms with E-state index in [1.54, 1.807) is 0 Å². The Hall–Kier alpha value is -1.80. The van der Waals surface area contributed by atoms with Crippen LogP contribution in [-0.4, -0.2) is 0 Å². The van der Waals surface area contributed by atoms with Crippen molar-refractivity contribution in [1.29, 1.82) is 0 Å². The van der Waals surface area contributed by atoms with Crippen LogP contribution in [0.1, 0.15) is 17.2 Å². The van der Waals surface area contributed by atoms with Gasteiger partial charge in [-0.05, 0) is 40.5 Å². The molecule has 1 aliphatic rings. The van der Waals surface area contributed by atoms with Crippen LogP contribution in [0.15, 0.2) is 65.1 Å². The molecule has 0 aromatic heterocycles. The number of benzene rings is 3. The molecule has 0 aliphatic carbocycles. The van der Waals surface area contributed by atoms with Gasteiger partial charge in [-0.3, -0.25) is 0 Å². The molecule has 0 fully saturated rings. The van der Waals surface area contributed by atoms with E-state index in [0.717, 1.165) is 10.9 Å². The van der Waals surface area contributed by atoms with Crippen molar-refractivity contribution < 1.29 is 0 Å². The SMILES string of the molecule is Brc1ccc2c(c1)NC(c1cccc3ccccc13)C2. The molecule has 0 saturated heterocycles. The number of nitrogens with one attached hydrogen (secondary N) is 1. The van der Waals surface area contributed by atoms with Crippen molar-refractivity contribution in [3.05, 3.63) is 76.3 Å². The van der Waals surface area contributed by atoms with Crippen molar-refractivity contribution in [2.75, 3.05) is 5.32 Å². The van der Waals surface area contributed by atoms with E-state index >= 15 is 0 Å². The molecular formula is C18H14BrN. The average Bonchev–Trinajstić information content (AvgIpc) is 2.89. The number of anilines is 1. The van der Waals surface area contributed by atoms with Crippen LogP contribution in [0.2, 0.25) is 0 Å². The normalized spacial score (nSPS) is 16.9. The van der Waals surface area contributed by atoms with Gasteiger partial charge in [0.2, 0.25) is 0 Å². The molecule has 0 saturated carbocycles. The summed E-state index contributed by atoms with van der Waals surface area (Å²) in [6.07, 6.45) is 1.05. The fraction of sp³-hybridized carbons (Fsp3) is 0.111. The Labute approximate surface area is 126 Å². The van der Waals surface area contributed by atoms with Crippen LogP contribution in [0.5, 0.6) is 0 Å². The lowest BCUT2D eigenvalue weighted by Gasteiger charge is -2.14. The molecule has 0 radical (unpaired) electrons. The highest BCUT2D eigenvalue weighted by Gasteiger charge is 2.23. The Kier molecular flexibility index (Phi) is 2.78.